The van der Waals surface area contributed by atoms with Crippen LogP contribution in [-0.2, 0) is 21.8 Å². The second kappa shape index (κ2) is 4.93. The van der Waals surface area contributed by atoms with Gasteiger partial charge in [0.15, 0.2) is 5.76 Å². The van der Waals surface area contributed by atoms with Crippen LogP contribution >= 0.6 is 0 Å². The third kappa shape index (κ3) is 2.12. The van der Waals surface area contributed by atoms with E-state index in [1.165, 1.54) is 11.9 Å². The number of hydrogen-bond donors (Lipinski definition) is 0. The number of rotatable bonds is 3. The predicted molar refractivity (Wildman–Crippen MR) is 79.3 cm³/mol. The zero-order valence-electron chi connectivity index (χ0n) is 12.6. The van der Waals surface area contributed by atoms with E-state index in [1.807, 2.05) is 13.0 Å². The SMILES string of the molecule is Cc1cc(C)c2oc(C3(Cn4cncn4)OCCO3)cc2c1. The summed E-state index contributed by atoms with van der Waals surface area (Å²) in [6, 6.07) is 6.21. The van der Waals surface area contributed by atoms with Gasteiger partial charge in [0.25, 0.3) is 0 Å². The quantitative estimate of drug-likeness (QED) is 0.743. The van der Waals surface area contributed by atoms with E-state index in [1.54, 1.807) is 11.0 Å². The summed E-state index contributed by atoms with van der Waals surface area (Å²) in [6.45, 7) is 5.59. The number of nitrogens with zero attached hydrogens (tertiary/aromatic N) is 3. The summed E-state index contributed by atoms with van der Waals surface area (Å²) < 4.78 is 19.6. The summed E-state index contributed by atoms with van der Waals surface area (Å²) in [5.41, 5.74) is 3.18. The van der Waals surface area contributed by atoms with E-state index >= 15 is 0 Å². The molecule has 1 aromatic carbocycles. The Balaban J connectivity index is 1.81. The zero-order chi connectivity index (χ0) is 15.2. The van der Waals surface area contributed by atoms with E-state index < -0.39 is 5.79 Å². The maximum Gasteiger partial charge on any atom is 0.248 e. The van der Waals surface area contributed by atoms with Gasteiger partial charge in [-0.1, -0.05) is 11.6 Å². The minimum atomic E-state index is -0.937. The van der Waals surface area contributed by atoms with Crippen molar-refractivity contribution >= 4 is 11.0 Å². The zero-order valence-corrected chi connectivity index (χ0v) is 12.6. The van der Waals surface area contributed by atoms with Gasteiger partial charge >= 0.3 is 0 Å². The Kier molecular flexibility index (Phi) is 3.02. The summed E-state index contributed by atoms with van der Waals surface area (Å²) in [6.07, 6.45) is 3.14. The van der Waals surface area contributed by atoms with Gasteiger partial charge in [-0.25, -0.2) is 9.67 Å². The molecule has 1 saturated heterocycles. The number of aromatic nitrogens is 3. The van der Waals surface area contributed by atoms with Crippen molar-refractivity contribution in [1.29, 1.82) is 0 Å². The molecule has 6 heteroatoms. The highest BCUT2D eigenvalue weighted by Gasteiger charge is 2.43. The standard InChI is InChI=1S/C16H17N3O3/c1-11-5-12(2)15-13(6-11)7-14(22-15)16(20-3-4-21-16)8-19-10-17-9-18-19/h5-7,9-10H,3-4,8H2,1-2H3. The van der Waals surface area contributed by atoms with Crippen molar-refractivity contribution in [1.82, 2.24) is 14.8 Å². The topological polar surface area (TPSA) is 62.3 Å². The Labute approximate surface area is 127 Å². The Morgan fingerprint density at radius 3 is 2.73 bits per heavy atom. The van der Waals surface area contributed by atoms with Crippen LogP contribution in [0.1, 0.15) is 16.9 Å². The van der Waals surface area contributed by atoms with Gasteiger partial charge in [0, 0.05) is 5.39 Å². The maximum absolute atomic E-state index is 6.08. The summed E-state index contributed by atoms with van der Waals surface area (Å²) in [5, 5.41) is 5.20. The molecule has 0 bridgehead atoms. The molecule has 0 unspecified atom stereocenters. The molecule has 0 aliphatic carbocycles. The fourth-order valence-electron chi connectivity index (χ4n) is 3.00. The third-order valence-electron chi connectivity index (χ3n) is 3.91. The van der Waals surface area contributed by atoms with Crippen molar-refractivity contribution < 1.29 is 13.9 Å². The van der Waals surface area contributed by atoms with Crippen molar-refractivity contribution in [3.8, 4) is 0 Å². The van der Waals surface area contributed by atoms with Crippen LogP contribution in [0.4, 0.5) is 0 Å². The second-order valence-electron chi connectivity index (χ2n) is 5.65. The van der Waals surface area contributed by atoms with Gasteiger partial charge in [0.1, 0.15) is 24.8 Å². The molecule has 3 heterocycles. The molecule has 0 N–H and O–H groups in total. The molecule has 0 radical (unpaired) electrons. The third-order valence-corrected chi connectivity index (χ3v) is 3.91. The molecule has 114 valence electrons. The largest absolute Gasteiger partial charge is 0.455 e. The van der Waals surface area contributed by atoms with E-state index in [9.17, 15) is 0 Å². The number of benzene rings is 1. The van der Waals surface area contributed by atoms with Crippen LogP contribution in [0.5, 0.6) is 0 Å². The molecule has 0 amide bonds. The molecule has 1 fully saturated rings. The number of fused-ring (bicyclic) bond motifs is 1. The molecule has 0 saturated carbocycles. The van der Waals surface area contributed by atoms with Crippen LogP contribution in [-0.4, -0.2) is 28.0 Å². The molecule has 1 aliphatic rings. The molecule has 6 nitrogen and oxygen atoms in total. The minimum absolute atomic E-state index is 0.408. The first-order chi connectivity index (χ1) is 10.7. The lowest BCUT2D eigenvalue weighted by Gasteiger charge is -2.24. The fourth-order valence-corrected chi connectivity index (χ4v) is 3.00. The highest BCUT2D eigenvalue weighted by Crippen LogP contribution is 2.37. The predicted octanol–water partition coefficient (Wildman–Crippen LogP) is 2.54. The van der Waals surface area contributed by atoms with Crippen LogP contribution in [0, 0.1) is 13.8 Å². The molecular weight excluding hydrogens is 282 g/mol. The van der Waals surface area contributed by atoms with Crippen molar-refractivity contribution in [2.24, 2.45) is 0 Å². The summed E-state index contributed by atoms with van der Waals surface area (Å²) in [4.78, 5) is 3.97. The van der Waals surface area contributed by atoms with Crippen molar-refractivity contribution in [2.45, 2.75) is 26.2 Å². The van der Waals surface area contributed by atoms with Crippen LogP contribution in [0.3, 0.4) is 0 Å². The van der Waals surface area contributed by atoms with E-state index in [0.717, 1.165) is 16.5 Å². The van der Waals surface area contributed by atoms with Crippen LogP contribution in [0.2, 0.25) is 0 Å². The lowest BCUT2D eigenvalue weighted by Crippen LogP contribution is -2.32. The van der Waals surface area contributed by atoms with Crippen LogP contribution in [0.25, 0.3) is 11.0 Å². The number of furan rings is 1. The molecule has 22 heavy (non-hydrogen) atoms. The monoisotopic (exact) mass is 299 g/mol. The van der Waals surface area contributed by atoms with Crippen LogP contribution < -0.4 is 0 Å². The van der Waals surface area contributed by atoms with E-state index in [0.29, 0.717) is 25.5 Å². The van der Waals surface area contributed by atoms with Crippen molar-refractivity contribution in [3.05, 3.63) is 47.7 Å². The lowest BCUT2D eigenvalue weighted by molar-refractivity contribution is -0.189. The second-order valence-corrected chi connectivity index (χ2v) is 5.65. The van der Waals surface area contributed by atoms with E-state index in [2.05, 4.69) is 29.1 Å². The molecule has 0 atom stereocenters. The number of hydrogen-bond acceptors (Lipinski definition) is 5. The van der Waals surface area contributed by atoms with Gasteiger partial charge < -0.3 is 13.9 Å². The Morgan fingerprint density at radius 1 is 1.18 bits per heavy atom. The first-order valence-electron chi connectivity index (χ1n) is 7.28. The van der Waals surface area contributed by atoms with Gasteiger partial charge in [-0.15, -0.1) is 0 Å². The van der Waals surface area contributed by atoms with Gasteiger partial charge in [0.05, 0.1) is 13.2 Å². The number of aryl methyl sites for hydroxylation is 2. The first kappa shape index (κ1) is 13.5. The molecule has 2 aromatic heterocycles. The average molecular weight is 299 g/mol. The Bertz CT molecular complexity index is 802. The Morgan fingerprint density at radius 2 is 2.00 bits per heavy atom. The van der Waals surface area contributed by atoms with Crippen LogP contribution in [0.15, 0.2) is 35.3 Å². The van der Waals surface area contributed by atoms with Gasteiger partial charge in [-0.2, -0.15) is 5.10 Å². The Hall–Kier alpha value is -2.18. The lowest BCUT2D eigenvalue weighted by atomic mass is 10.1. The highest BCUT2D eigenvalue weighted by atomic mass is 16.7. The van der Waals surface area contributed by atoms with Gasteiger partial charge in [0.2, 0.25) is 5.79 Å². The summed E-state index contributed by atoms with van der Waals surface area (Å²) in [7, 11) is 0. The number of ether oxygens (including phenoxy) is 2. The van der Waals surface area contributed by atoms with Gasteiger partial charge in [-0.05, 0) is 31.5 Å². The minimum Gasteiger partial charge on any atom is -0.455 e. The molecule has 3 aromatic rings. The molecular formula is C16H17N3O3. The molecule has 4 rings (SSSR count). The summed E-state index contributed by atoms with van der Waals surface area (Å²) in [5.74, 6) is -0.267. The van der Waals surface area contributed by atoms with Crippen molar-refractivity contribution in [2.75, 3.05) is 13.2 Å². The normalized spacial score (nSPS) is 17.4. The fraction of sp³-hybridized carbons (Fsp3) is 0.375. The highest BCUT2D eigenvalue weighted by molar-refractivity contribution is 5.82. The molecule has 0 spiro atoms. The average Bonchev–Trinajstić information content (AvgIpc) is 3.18. The molecule has 1 aliphatic heterocycles. The van der Waals surface area contributed by atoms with E-state index in [4.69, 9.17) is 13.9 Å². The first-order valence-corrected chi connectivity index (χ1v) is 7.28. The summed E-state index contributed by atoms with van der Waals surface area (Å²) >= 11 is 0. The van der Waals surface area contributed by atoms with Crippen molar-refractivity contribution in [3.63, 3.8) is 0 Å². The smallest absolute Gasteiger partial charge is 0.248 e. The van der Waals surface area contributed by atoms with E-state index in [-0.39, 0.29) is 0 Å². The maximum atomic E-state index is 6.08. The van der Waals surface area contributed by atoms with Gasteiger partial charge in [-0.3, -0.25) is 0 Å².